The number of aromatic nitrogens is 1. The first-order chi connectivity index (χ1) is 33.7. The quantitative estimate of drug-likeness (QED) is 0.0905. The van der Waals surface area contributed by atoms with Gasteiger partial charge in [-0.05, 0) is 180 Å². The second-order valence-electron chi connectivity index (χ2n) is 19.4. The normalized spacial score (nSPS) is 15.8. The van der Waals surface area contributed by atoms with Gasteiger partial charge in [-0.3, -0.25) is 4.98 Å². The molecule has 0 saturated carbocycles. The van der Waals surface area contributed by atoms with Gasteiger partial charge in [-0.15, -0.1) is 0 Å². The third kappa shape index (κ3) is 17.4. The highest BCUT2D eigenvalue weighted by atomic mass is 14.9. The van der Waals surface area contributed by atoms with E-state index >= 15 is 0 Å². The van der Waals surface area contributed by atoms with Crippen molar-refractivity contribution in [1.29, 1.82) is 0 Å². The van der Waals surface area contributed by atoms with Gasteiger partial charge in [0.25, 0.3) is 0 Å². The summed E-state index contributed by atoms with van der Waals surface area (Å²) in [6, 6.07) is 35.9. The van der Waals surface area contributed by atoms with Crippen LogP contribution in [0.5, 0.6) is 0 Å². The highest BCUT2D eigenvalue weighted by Crippen LogP contribution is 2.19. The summed E-state index contributed by atoms with van der Waals surface area (Å²) in [4.78, 5) is 4.38. The maximum Gasteiger partial charge on any atom is 0.0461 e. The van der Waals surface area contributed by atoms with E-state index in [1.54, 1.807) is 11.1 Å². The molecule has 6 aromatic rings. The maximum absolute atomic E-state index is 4.38. The number of rotatable bonds is 0. The molecular weight excluding hydrogens is 843 g/mol. The highest BCUT2D eigenvalue weighted by Gasteiger charge is 2.11. The SMILES string of the molecule is CC.Cc1ccc2c(c1)CCCNC2.Cc1ccc2c(c1)CCNC2.Cc1ccc2c(c1)CCNCC2.Cc1ccc2c(c1)CNC2.Cc1ccc2c(c1)CNCC2.Cc1cnc2c(c1)CNCC2. The lowest BCUT2D eigenvalue weighted by Gasteiger charge is -2.16. The molecule has 6 aliphatic rings. The molecule has 1 aromatic heterocycles. The van der Waals surface area contributed by atoms with Gasteiger partial charge < -0.3 is 31.9 Å². The Morgan fingerprint density at radius 2 is 0.623 bits per heavy atom. The maximum atomic E-state index is 4.38. The van der Waals surface area contributed by atoms with E-state index in [1.807, 2.05) is 20.0 Å². The standard InChI is InChI=1S/2C11H15N.2C10H13N.C9H12N2.C9H11N.C2H6/c1-9-2-3-10-4-6-12-7-5-11(10)8-9;1-9-4-5-11-8-12-6-2-3-10(11)7-9;1-8-2-3-10-7-11-5-4-9(10)6-8;1-8-2-3-9-4-5-11-7-10(9)6-8;1-7-4-8-6-10-3-2-9(8)11-5-7;1-7-2-3-8-5-10-6-9(8)4-7;1-2/h2-3,8,12H,4-7H2,1H3;4-5,7,12H,2-3,6,8H2,1H3;2*2-3,6,11H,4-5,7H2,1H3;4-5,10H,2-3,6H2,1H3;2-4,10H,5-6H2,1H3;1-2H3. The number of hydrogen-bond acceptors (Lipinski definition) is 7. The predicted octanol–water partition coefficient (Wildman–Crippen LogP) is 10.7. The molecule has 7 nitrogen and oxygen atoms in total. The Morgan fingerprint density at radius 1 is 0.290 bits per heavy atom. The molecular formula is C62H85N7. The number of hydrogen-bond donors (Lipinski definition) is 6. The Balaban J connectivity index is 0.000000135. The molecule has 6 N–H and O–H groups in total. The van der Waals surface area contributed by atoms with E-state index in [0.717, 1.165) is 85.0 Å². The second kappa shape index (κ2) is 28.6. The number of pyridine rings is 1. The summed E-state index contributed by atoms with van der Waals surface area (Å²) >= 11 is 0. The highest BCUT2D eigenvalue weighted by molar-refractivity contribution is 5.36. The van der Waals surface area contributed by atoms with Crippen molar-refractivity contribution < 1.29 is 0 Å². The lowest BCUT2D eigenvalue weighted by Crippen LogP contribution is -2.24. The van der Waals surface area contributed by atoms with Crippen LogP contribution in [0.2, 0.25) is 0 Å². The van der Waals surface area contributed by atoms with E-state index in [9.17, 15) is 0 Å². The molecule has 368 valence electrons. The molecule has 69 heavy (non-hydrogen) atoms. The van der Waals surface area contributed by atoms with Gasteiger partial charge >= 0.3 is 0 Å². The van der Waals surface area contributed by atoms with E-state index in [1.165, 1.54) is 128 Å². The lowest BCUT2D eigenvalue weighted by atomic mass is 9.99. The molecule has 0 radical (unpaired) electrons. The van der Waals surface area contributed by atoms with E-state index in [-0.39, 0.29) is 0 Å². The average molecular weight is 928 g/mol. The van der Waals surface area contributed by atoms with Gasteiger partial charge in [-0.25, -0.2) is 0 Å². The molecule has 7 heteroatoms. The third-order valence-electron chi connectivity index (χ3n) is 13.5. The van der Waals surface area contributed by atoms with Gasteiger partial charge in [0.1, 0.15) is 0 Å². The smallest absolute Gasteiger partial charge is 0.0461 e. The fourth-order valence-electron chi connectivity index (χ4n) is 9.69. The van der Waals surface area contributed by atoms with Gasteiger partial charge in [0, 0.05) is 64.1 Å². The van der Waals surface area contributed by atoms with Gasteiger partial charge in [0.15, 0.2) is 0 Å². The first-order valence-corrected chi connectivity index (χ1v) is 26.3. The molecule has 6 aliphatic heterocycles. The minimum Gasteiger partial charge on any atom is -0.316 e. The summed E-state index contributed by atoms with van der Waals surface area (Å²) in [5.41, 5.74) is 25.8. The molecule has 0 aliphatic carbocycles. The lowest BCUT2D eigenvalue weighted by molar-refractivity contribution is 0.629. The van der Waals surface area contributed by atoms with Crippen molar-refractivity contribution in [3.05, 3.63) is 204 Å². The van der Waals surface area contributed by atoms with Crippen LogP contribution in [0, 0.1) is 41.5 Å². The number of fused-ring (bicyclic) bond motifs is 6. The van der Waals surface area contributed by atoms with Crippen molar-refractivity contribution in [3.63, 3.8) is 0 Å². The van der Waals surface area contributed by atoms with Crippen LogP contribution in [-0.4, -0.2) is 44.3 Å². The minimum absolute atomic E-state index is 0.990. The molecule has 0 fully saturated rings. The number of benzene rings is 5. The number of aryl methyl sites for hydroxylation is 7. The van der Waals surface area contributed by atoms with E-state index in [0.29, 0.717) is 0 Å². The molecule has 12 rings (SSSR count). The van der Waals surface area contributed by atoms with Crippen molar-refractivity contribution >= 4 is 0 Å². The Bertz CT molecular complexity index is 2310. The number of nitrogens with one attached hydrogen (secondary N) is 6. The van der Waals surface area contributed by atoms with Gasteiger partial charge in [-0.1, -0.05) is 139 Å². The summed E-state index contributed by atoms with van der Waals surface area (Å²) in [7, 11) is 0. The molecule has 0 amide bonds. The average Bonchev–Trinajstić information content (AvgIpc) is 3.54. The zero-order chi connectivity index (χ0) is 48.8. The molecule has 0 bridgehead atoms. The third-order valence-corrected chi connectivity index (χ3v) is 13.5. The van der Waals surface area contributed by atoms with Gasteiger partial charge in [-0.2, -0.15) is 0 Å². The van der Waals surface area contributed by atoms with Crippen LogP contribution in [0.15, 0.2) is 103 Å². The van der Waals surface area contributed by atoms with Crippen LogP contribution < -0.4 is 31.9 Å². The zero-order valence-corrected chi connectivity index (χ0v) is 43.7. The summed E-state index contributed by atoms with van der Waals surface area (Å²) in [5, 5.41) is 20.2. The Hall–Kier alpha value is -4.99. The Labute approximate surface area is 417 Å². The Morgan fingerprint density at radius 3 is 1.19 bits per heavy atom. The van der Waals surface area contributed by atoms with Crippen molar-refractivity contribution in [2.75, 3.05) is 39.3 Å². The minimum atomic E-state index is 0.990. The molecule has 0 unspecified atom stereocenters. The van der Waals surface area contributed by atoms with Crippen LogP contribution in [0.1, 0.15) is 121 Å². The zero-order valence-electron chi connectivity index (χ0n) is 43.7. The second-order valence-corrected chi connectivity index (χ2v) is 19.4. The van der Waals surface area contributed by atoms with Gasteiger partial charge in [0.2, 0.25) is 0 Å². The Kier molecular flexibility index (Phi) is 22.1. The fourth-order valence-corrected chi connectivity index (χ4v) is 9.69. The van der Waals surface area contributed by atoms with E-state index in [2.05, 4.69) is 175 Å². The van der Waals surface area contributed by atoms with Crippen LogP contribution >= 0.6 is 0 Å². The van der Waals surface area contributed by atoms with Crippen LogP contribution in [0.4, 0.5) is 0 Å². The molecule has 0 spiro atoms. The van der Waals surface area contributed by atoms with E-state index in [4.69, 9.17) is 0 Å². The largest absolute Gasteiger partial charge is 0.316 e. The topological polar surface area (TPSA) is 85.1 Å². The van der Waals surface area contributed by atoms with Crippen molar-refractivity contribution in [2.45, 2.75) is 140 Å². The van der Waals surface area contributed by atoms with Crippen LogP contribution in [0.25, 0.3) is 0 Å². The first-order valence-electron chi connectivity index (χ1n) is 26.3. The van der Waals surface area contributed by atoms with E-state index < -0.39 is 0 Å². The molecule has 0 saturated heterocycles. The molecule has 5 aromatic carbocycles. The van der Waals surface area contributed by atoms with Crippen molar-refractivity contribution in [3.8, 4) is 0 Å². The summed E-state index contributed by atoms with van der Waals surface area (Å²) in [6.45, 7) is 29.9. The van der Waals surface area contributed by atoms with Crippen molar-refractivity contribution in [2.24, 2.45) is 0 Å². The van der Waals surface area contributed by atoms with Crippen LogP contribution in [0.3, 0.4) is 0 Å². The van der Waals surface area contributed by atoms with Gasteiger partial charge in [0.05, 0.1) is 0 Å². The summed E-state index contributed by atoms with van der Waals surface area (Å²) in [6.07, 6.45) is 10.3. The molecule has 7 heterocycles. The molecule has 0 atom stereocenters. The monoisotopic (exact) mass is 928 g/mol. The number of nitrogens with zero attached hydrogens (tertiary/aromatic N) is 1. The summed E-state index contributed by atoms with van der Waals surface area (Å²) < 4.78 is 0. The fraction of sp³-hybridized carbons (Fsp3) is 0.435. The predicted molar refractivity (Wildman–Crippen MR) is 293 cm³/mol. The van der Waals surface area contributed by atoms with Crippen LogP contribution in [-0.2, 0) is 77.8 Å². The summed E-state index contributed by atoms with van der Waals surface area (Å²) in [5.74, 6) is 0. The first kappa shape index (κ1) is 53.4. The van der Waals surface area contributed by atoms with Crippen molar-refractivity contribution in [1.82, 2.24) is 36.9 Å².